The van der Waals surface area contributed by atoms with Gasteiger partial charge in [-0.2, -0.15) is 0 Å². The van der Waals surface area contributed by atoms with Crippen molar-refractivity contribution in [1.82, 2.24) is 4.90 Å². The van der Waals surface area contributed by atoms with E-state index in [1.165, 1.54) is 0 Å². The molecule has 3 rings (SSSR count). The second-order valence-corrected chi connectivity index (χ2v) is 6.97. The van der Waals surface area contributed by atoms with Crippen LogP contribution in [0.2, 0.25) is 0 Å². The van der Waals surface area contributed by atoms with Crippen LogP contribution < -0.4 is 0 Å². The van der Waals surface area contributed by atoms with Crippen molar-refractivity contribution in [2.75, 3.05) is 19.7 Å². The predicted molar refractivity (Wildman–Crippen MR) is 90.0 cm³/mol. The molecule has 1 N–H and O–H groups in total. The first kappa shape index (κ1) is 17.0. The Labute approximate surface area is 142 Å². The first-order valence-corrected chi connectivity index (χ1v) is 8.69. The van der Waals surface area contributed by atoms with Crippen LogP contribution in [0.3, 0.4) is 0 Å². The molecule has 5 heteroatoms. The zero-order valence-electron chi connectivity index (χ0n) is 14.3. The van der Waals surface area contributed by atoms with Gasteiger partial charge in [0, 0.05) is 25.3 Å². The predicted octanol–water partition coefficient (Wildman–Crippen LogP) is 2.65. The van der Waals surface area contributed by atoms with Gasteiger partial charge in [-0.15, -0.1) is 0 Å². The molecule has 1 aromatic carbocycles. The standard InChI is InChI=1S/C19H25NO4/c1-12-4-3-5-13(2)16(12)18(21)20-9-6-14(7-10-20)17-15(19(22)23)8-11-24-17/h3-5,14-15,17H,6-11H2,1-2H3,(H,22,23)/t15?,17-/m0/s1. The summed E-state index contributed by atoms with van der Waals surface area (Å²) in [5, 5.41) is 9.32. The summed E-state index contributed by atoms with van der Waals surface area (Å²) >= 11 is 0. The molecule has 2 heterocycles. The van der Waals surface area contributed by atoms with Crippen LogP contribution in [0.1, 0.15) is 40.7 Å². The number of carboxylic acids is 1. The molecular formula is C19H25NO4. The first-order chi connectivity index (χ1) is 11.5. The average Bonchev–Trinajstić information content (AvgIpc) is 3.04. The van der Waals surface area contributed by atoms with Crippen LogP contribution in [0.15, 0.2) is 18.2 Å². The van der Waals surface area contributed by atoms with Crippen LogP contribution in [0, 0.1) is 25.7 Å². The summed E-state index contributed by atoms with van der Waals surface area (Å²) in [6.45, 7) is 5.81. The normalized spacial score (nSPS) is 25.0. The number of piperidine rings is 1. The lowest BCUT2D eigenvalue weighted by Gasteiger charge is -2.36. The van der Waals surface area contributed by atoms with Crippen LogP contribution in [-0.2, 0) is 9.53 Å². The number of rotatable bonds is 3. The first-order valence-electron chi connectivity index (χ1n) is 8.69. The third-order valence-corrected chi connectivity index (χ3v) is 5.44. The highest BCUT2D eigenvalue weighted by Crippen LogP contribution is 2.33. The number of aliphatic carboxylic acids is 1. The van der Waals surface area contributed by atoms with E-state index in [1.54, 1.807) is 0 Å². The summed E-state index contributed by atoms with van der Waals surface area (Å²) < 4.78 is 5.70. The van der Waals surface area contributed by atoms with Crippen LogP contribution in [0.4, 0.5) is 0 Å². The molecule has 24 heavy (non-hydrogen) atoms. The van der Waals surface area contributed by atoms with E-state index >= 15 is 0 Å². The molecule has 130 valence electrons. The molecule has 1 aromatic rings. The van der Waals surface area contributed by atoms with E-state index in [9.17, 15) is 14.7 Å². The van der Waals surface area contributed by atoms with E-state index in [2.05, 4.69) is 0 Å². The second-order valence-electron chi connectivity index (χ2n) is 6.97. The van der Waals surface area contributed by atoms with Gasteiger partial charge in [0.15, 0.2) is 0 Å². The van der Waals surface area contributed by atoms with Crippen LogP contribution in [-0.4, -0.2) is 47.7 Å². The van der Waals surface area contributed by atoms with Gasteiger partial charge in [0.2, 0.25) is 0 Å². The molecule has 0 spiro atoms. The SMILES string of the molecule is Cc1cccc(C)c1C(=O)N1CCC([C@@H]2OCCC2C(=O)O)CC1. The summed E-state index contributed by atoms with van der Waals surface area (Å²) in [6.07, 6.45) is 2.03. The number of amides is 1. The molecule has 0 bridgehead atoms. The molecule has 0 aliphatic carbocycles. The number of likely N-dealkylation sites (tertiary alicyclic amines) is 1. The van der Waals surface area contributed by atoms with Gasteiger partial charge in [0.05, 0.1) is 12.0 Å². The van der Waals surface area contributed by atoms with Crippen molar-refractivity contribution in [1.29, 1.82) is 0 Å². The van der Waals surface area contributed by atoms with Gasteiger partial charge >= 0.3 is 5.97 Å². The van der Waals surface area contributed by atoms with Crippen molar-refractivity contribution in [3.8, 4) is 0 Å². The van der Waals surface area contributed by atoms with Crippen molar-refractivity contribution in [2.45, 2.75) is 39.2 Å². The number of hydrogen-bond donors (Lipinski definition) is 1. The number of carbonyl (C=O) groups is 2. The van der Waals surface area contributed by atoms with Gasteiger partial charge in [-0.1, -0.05) is 18.2 Å². The van der Waals surface area contributed by atoms with Gasteiger partial charge in [0.1, 0.15) is 0 Å². The second kappa shape index (κ2) is 6.93. The Bertz CT molecular complexity index is 614. The average molecular weight is 331 g/mol. The van der Waals surface area contributed by atoms with Crippen molar-refractivity contribution in [2.24, 2.45) is 11.8 Å². The molecule has 2 saturated heterocycles. The summed E-state index contributed by atoms with van der Waals surface area (Å²) in [5.74, 6) is -0.829. The molecule has 1 amide bonds. The molecule has 2 atom stereocenters. The zero-order chi connectivity index (χ0) is 17.3. The van der Waals surface area contributed by atoms with Crippen LogP contribution in [0.5, 0.6) is 0 Å². The van der Waals surface area contributed by atoms with Gasteiger partial charge in [-0.05, 0) is 50.2 Å². The number of aryl methyl sites for hydroxylation is 2. The Balaban J connectivity index is 1.65. The lowest BCUT2D eigenvalue weighted by molar-refractivity contribution is -0.145. The monoisotopic (exact) mass is 331 g/mol. The largest absolute Gasteiger partial charge is 0.481 e. The molecule has 0 saturated carbocycles. The minimum atomic E-state index is -0.758. The van der Waals surface area contributed by atoms with E-state index in [0.717, 1.165) is 29.5 Å². The number of hydrogen-bond acceptors (Lipinski definition) is 3. The lowest BCUT2D eigenvalue weighted by atomic mass is 9.84. The summed E-state index contributed by atoms with van der Waals surface area (Å²) in [7, 11) is 0. The fraction of sp³-hybridized carbons (Fsp3) is 0.579. The van der Waals surface area contributed by atoms with Crippen molar-refractivity contribution in [3.05, 3.63) is 34.9 Å². The van der Waals surface area contributed by atoms with E-state index in [1.807, 2.05) is 36.9 Å². The van der Waals surface area contributed by atoms with Crippen LogP contribution in [0.25, 0.3) is 0 Å². The highest BCUT2D eigenvalue weighted by Gasteiger charge is 2.40. The minimum absolute atomic E-state index is 0.0891. The number of nitrogens with zero attached hydrogens (tertiary/aromatic N) is 1. The third kappa shape index (κ3) is 3.18. The highest BCUT2D eigenvalue weighted by molar-refractivity contribution is 5.97. The number of carbonyl (C=O) groups excluding carboxylic acids is 1. The van der Waals surface area contributed by atoms with E-state index < -0.39 is 11.9 Å². The Morgan fingerprint density at radius 1 is 1.12 bits per heavy atom. The smallest absolute Gasteiger partial charge is 0.309 e. The third-order valence-electron chi connectivity index (χ3n) is 5.44. The quantitative estimate of drug-likeness (QED) is 0.924. The summed E-state index contributed by atoms with van der Waals surface area (Å²) in [6, 6.07) is 5.91. The fourth-order valence-electron chi connectivity index (χ4n) is 4.08. The van der Waals surface area contributed by atoms with Gasteiger partial charge < -0.3 is 14.7 Å². The minimum Gasteiger partial charge on any atom is -0.481 e. The Hall–Kier alpha value is -1.88. The van der Waals surface area contributed by atoms with Crippen LogP contribution >= 0.6 is 0 Å². The summed E-state index contributed by atoms with van der Waals surface area (Å²) in [4.78, 5) is 26.1. The molecule has 1 unspecified atom stereocenters. The molecule has 0 aromatic heterocycles. The maximum atomic E-state index is 12.8. The fourth-order valence-corrected chi connectivity index (χ4v) is 4.08. The molecule has 5 nitrogen and oxygen atoms in total. The van der Waals surface area contributed by atoms with E-state index in [4.69, 9.17) is 4.74 Å². The maximum Gasteiger partial charge on any atom is 0.309 e. The summed E-state index contributed by atoms with van der Waals surface area (Å²) in [5.41, 5.74) is 2.82. The van der Waals surface area contributed by atoms with Crippen molar-refractivity contribution < 1.29 is 19.4 Å². The zero-order valence-corrected chi connectivity index (χ0v) is 14.3. The maximum absolute atomic E-state index is 12.8. The van der Waals surface area contributed by atoms with E-state index in [0.29, 0.717) is 26.1 Å². The van der Waals surface area contributed by atoms with Crippen molar-refractivity contribution >= 4 is 11.9 Å². The Kier molecular flexibility index (Phi) is 4.90. The molecule has 2 aliphatic heterocycles. The van der Waals surface area contributed by atoms with E-state index in [-0.39, 0.29) is 17.9 Å². The van der Waals surface area contributed by atoms with Crippen molar-refractivity contribution in [3.63, 3.8) is 0 Å². The Morgan fingerprint density at radius 3 is 2.33 bits per heavy atom. The highest BCUT2D eigenvalue weighted by atomic mass is 16.5. The Morgan fingerprint density at radius 2 is 1.75 bits per heavy atom. The van der Waals surface area contributed by atoms with Gasteiger partial charge in [-0.3, -0.25) is 9.59 Å². The topological polar surface area (TPSA) is 66.8 Å². The van der Waals surface area contributed by atoms with Gasteiger partial charge in [-0.25, -0.2) is 0 Å². The number of carboxylic acid groups (broad SMARTS) is 1. The number of benzene rings is 1. The molecule has 2 aliphatic rings. The molecule has 0 radical (unpaired) electrons. The van der Waals surface area contributed by atoms with Gasteiger partial charge in [0.25, 0.3) is 5.91 Å². The lowest BCUT2D eigenvalue weighted by Crippen LogP contribution is -2.43. The molecule has 2 fully saturated rings. The number of ether oxygens (including phenoxy) is 1. The molecular weight excluding hydrogens is 306 g/mol.